The molecule has 1 amide bonds. The number of benzene rings is 1. The summed E-state index contributed by atoms with van der Waals surface area (Å²) < 4.78 is 0. The van der Waals surface area contributed by atoms with Crippen molar-refractivity contribution in [1.82, 2.24) is 25.6 Å². The average molecular weight is 371 g/mol. The SMILES string of the molecule is CC(C)(C)C1(C(=O)c2ccc3n[nH]nc3c2)C2CCNCC2CN1C(=O)O. The molecule has 2 aliphatic heterocycles. The van der Waals surface area contributed by atoms with Gasteiger partial charge in [-0.25, -0.2) is 4.79 Å². The first-order valence-corrected chi connectivity index (χ1v) is 9.33. The van der Waals surface area contributed by atoms with Gasteiger partial charge in [0, 0.05) is 18.7 Å². The van der Waals surface area contributed by atoms with Gasteiger partial charge in [0.25, 0.3) is 0 Å². The van der Waals surface area contributed by atoms with Crippen LogP contribution in [0.15, 0.2) is 18.2 Å². The predicted octanol–water partition coefficient (Wildman–Crippen LogP) is 2.14. The summed E-state index contributed by atoms with van der Waals surface area (Å²) in [6.45, 7) is 7.83. The third kappa shape index (κ3) is 2.46. The third-order valence-electron chi connectivity index (χ3n) is 6.29. The predicted molar refractivity (Wildman–Crippen MR) is 99.6 cm³/mol. The summed E-state index contributed by atoms with van der Waals surface area (Å²) in [7, 11) is 0. The highest BCUT2D eigenvalue weighted by Crippen LogP contribution is 2.53. The largest absolute Gasteiger partial charge is 0.465 e. The van der Waals surface area contributed by atoms with E-state index in [-0.39, 0.29) is 17.6 Å². The molecule has 0 saturated carbocycles. The maximum Gasteiger partial charge on any atom is 0.408 e. The third-order valence-corrected chi connectivity index (χ3v) is 6.29. The van der Waals surface area contributed by atoms with Crippen LogP contribution in [0.4, 0.5) is 4.79 Å². The maximum absolute atomic E-state index is 14.0. The van der Waals surface area contributed by atoms with E-state index in [0.717, 1.165) is 19.5 Å². The van der Waals surface area contributed by atoms with Crippen molar-refractivity contribution in [3.8, 4) is 0 Å². The van der Waals surface area contributed by atoms with Gasteiger partial charge in [-0.2, -0.15) is 15.4 Å². The smallest absolute Gasteiger partial charge is 0.408 e. The monoisotopic (exact) mass is 371 g/mol. The molecule has 2 aromatic rings. The molecule has 1 aromatic heterocycles. The van der Waals surface area contributed by atoms with Crippen LogP contribution in [-0.2, 0) is 0 Å². The van der Waals surface area contributed by atoms with Gasteiger partial charge in [-0.1, -0.05) is 20.8 Å². The normalized spacial score (nSPS) is 28.3. The number of ketones is 1. The highest BCUT2D eigenvalue weighted by molar-refractivity contribution is 6.07. The van der Waals surface area contributed by atoms with Crippen molar-refractivity contribution in [3.05, 3.63) is 23.8 Å². The Morgan fingerprint density at radius 3 is 2.70 bits per heavy atom. The molecule has 0 radical (unpaired) electrons. The fraction of sp³-hybridized carbons (Fsp3) is 0.579. The highest BCUT2D eigenvalue weighted by Gasteiger charge is 2.65. The molecule has 8 heteroatoms. The number of aromatic nitrogens is 3. The molecule has 144 valence electrons. The molecule has 8 nitrogen and oxygen atoms in total. The summed E-state index contributed by atoms with van der Waals surface area (Å²) in [5.41, 5.74) is 0.0992. The van der Waals surface area contributed by atoms with Crippen molar-refractivity contribution < 1.29 is 14.7 Å². The van der Waals surface area contributed by atoms with Crippen LogP contribution in [-0.4, -0.2) is 62.5 Å². The summed E-state index contributed by atoms with van der Waals surface area (Å²) in [5.74, 6) is -0.0270. The lowest BCUT2D eigenvalue weighted by Gasteiger charge is -2.50. The van der Waals surface area contributed by atoms with Crippen LogP contribution in [0.2, 0.25) is 0 Å². The molecule has 1 aromatic carbocycles. The van der Waals surface area contributed by atoms with Crippen LogP contribution in [0.5, 0.6) is 0 Å². The number of nitrogens with one attached hydrogen (secondary N) is 2. The second-order valence-corrected chi connectivity index (χ2v) is 8.63. The second-order valence-electron chi connectivity index (χ2n) is 8.63. The van der Waals surface area contributed by atoms with Gasteiger partial charge in [0.1, 0.15) is 16.6 Å². The molecule has 0 aliphatic carbocycles. The molecule has 3 unspecified atom stereocenters. The molecular weight excluding hydrogens is 346 g/mol. The summed E-state index contributed by atoms with van der Waals surface area (Å²) >= 11 is 0. The van der Waals surface area contributed by atoms with Crippen molar-refractivity contribution >= 4 is 22.9 Å². The summed E-state index contributed by atoms with van der Waals surface area (Å²) in [4.78, 5) is 27.6. The number of carbonyl (C=O) groups is 2. The van der Waals surface area contributed by atoms with Crippen molar-refractivity contribution in [2.24, 2.45) is 17.3 Å². The van der Waals surface area contributed by atoms with Gasteiger partial charge in [0.15, 0.2) is 5.78 Å². The molecule has 3 heterocycles. The molecular formula is C19H25N5O3. The lowest BCUT2D eigenvalue weighted by molar-refractivity contribution is 0.00461. The van der Waals surface area contributed by atoms with E-state index in [9.17, 15) is 14.7 Å². The van der Waals surface area contributed by atoms with E-state index in [0.29, 0.717) is 23.1 Å². The Bertz CT molecular complexity index is 902. The molecule has 27 heavy (non-hydrogen) atoms. The molecule has 0 bridgehead atoms. The van der Waals surface area contributed by atoms with E-state index in [1.165, 1.54) is 4.90 Å². The lowest BCUT2D eigenvalue weighted by atomic mass is 9.60. The Balaban J connectivity index is 1.90. The van der Waals surface area contributed by atoms with Crippen LogP contribution in [0.3, 0.4) is 0 Å². The van der Waals surface area contributed by atoms with Crippen LogP contribution >= 0.6 is 0 Å². The van der Waals surface area contributed by atoms with Crippen LogP contribution in [0.1, 0.15) is 37.6 Å². The van der Waals surface area contributed by atoms with Gasteiger partial charge < -0.3 is 10.4 Å². The molecule has 2 saturated heterocycles. The number of carbonyl (C=O) groups excluding carboxylic acids is 1. The lowest BCUT2D eigenvalue weighted by Crippen LogP contribution is -2.64. The van der Waals surface area contributed by atoms with Gasteiger partial charge in [-0.05, 0) is 48.4 Å². The van der Waals surface area contributed by atoms with Crippen molar-refractivity contribution in [2.75, 3.05) is 19.6 Å². The molecule has 4 rings (SSSR count). The number of Topliss-reactive ketones (excluding diaryl/α,β-unsaturated/α-hetero) is 1. The molecule has 3 atom stereocenters. The topological polar surface area (TPSA) is 111 Å². The number of nitrogens with zero attached hydrogens (tertiary/aromatic N) is 3. The van der Waals surface area contributed by atoms with Gasteiger partial charge in [0.2, 0.25) is 0 Å². The minimum absolute atomic E-state index is 0.0182. The standard InChI is InChI=1S/C19H25N5O3/c1-18(2,3)19(13-6-7-20-9-12(13)10-24(19)17(26)27)16(25)11-4-5-14-15(8-11)22-23-21-14/h4-5,8,12-13,20H,6-7,9-10H2,1-3H3,(H,26,27)(H,21,22,23). The Hall–Kier alpha value is -2.48. The van der Waals surface area contributed by atoms with Crippen molar-refractivity contribution in [1.29, 1.82) is 0 Å². The average Bonchev–Trinajstić information content (AvgIpc) is 3.22. The van der Waals surface area contributed by atoms with Gasteiger partial charge in [0.05, 0.1) is 0 Å². The first-order valence-electron chi connectivity index (χ1n) is 9.33. The number of fused-ring (bicyclic) bond motifs is 2. The Morgan fingerprint density at radius 1 is 1.26 bits per heavy atom. The number of likely N-dealkylation sites (tertiary alicyclic amines) is 1. The number of piperidine rings is 1. The number of hydrogen-bond acceptors (Lipinski definition) is 5. The Labute approximate surface area is 157 Å². The number of rotatable bonds is 2. The molecule has 0 spiro atoms. The van der Waals surface area contributed by atoms with Gasteiger partial charge in [-0.3, -0.25) is 9.69 Å². The molecule has 3 N–H and O–H groups in total. The zero-order valence-electron chi connectivity index (χ0n) is 15.8. The fourth-order valence-corrected chi connectivity index (χ4v) is 5.27. The number of H-pyrrole nitrogens is 1. The van der Waals surface area contributed by atoms with Crippen molar-refractivity contribution in [3.63, 3.8) is 0 Å². The van der Waals surface area contributed by atoms with E-state index in [1.807, 2.05) is 20.8 Å². The second kappa shape index (κ2) is 6.02. The van der Waals surface area contributed by atoms with Crippen molar-refractivity contribution in [2.45, 2.75) is 32.7 Å². The Kier molecular flexibility index (Phi) is 3.99. The van der Waals surface area contributed by atoms with Gasteiger partial charge >= 0.3 is 6.09 Å². The first kappa shape index (κ1) is 17.9. The minimum atomic E-state index is -1.11. The maximum atomic E-state index is 14.0. The quantitative estimate of drug-likeness (QED) is 0.698. The minimum Gasteiger partial charge on any atom is -0.465 e. The van der Waals surface area contributed by atoms with Crippen LogP contribution < -0.4 is 5.32 Å². The number of hydrogen-bond donors (Lipinski definition) is 3. The zero-order chi connectivity index (χ0) is 19.4. The van der Waals surface area contributed by atoms with E-state index >= 15 is 0 Å². The first-order chi connectivity index (χ1) is 12.8. The highest BCUT2D eigenvalue weighted by atomic mass is 16.4. The number of amides is 1. The number of carboxylic acid groups (broad SMARTS) is 1. The van der Waals surface area contributed by atoms with E-state index in [2.05, 4.69) is 20.7 Å². The van der Waals surface area contributed by atoms with Crippen LogP contribution in [0.25, 0.3) is 11.0 Å². The molecule has 2 aliphatic rings. The number of aromatic amines is 1. The van der Waals surface area contributed by atoms with E-state index < -0.39 is 17.0 Å². The Morgan fingerprint density at radius 2 is 2.00 bits per heavy atom. The molecule has 2 fully saturated rings. The zero-order valence-corrected chi connectivity index (χ0v) is 15.8. The van der Waals surface area contributed by atoms with E-state index in [4.69, 9.17) is 0 Å². The summed E-state index contributed by atoms with van der Waals surface area (Å²) in [6.07, 6.45) is -0.251. The summed E-state index contributed by atoms with van der Waals surface area (Å²) in [6, 6.07) is 5.20. The van der Waals surface area contributed by atoms with Crippen LogP contribution in [0, 0.1) is 17.3 Å². The van der Waals surface area contributed by atoms with E-state index in [1.54, 1.807) is 18.2 Å². The summed E-state index contributed by atoms with van der Waals surface area (Å²) in [5, 5.41) is 24.0. The van der Waals surface area contributed by atoms with Gasteiger partial charge in [-0.15, -0.1) is 0 Å². The fourth-order valence-electron chi connectivity index (χ4n) is 5.27.